The van der Waals surface area contributed by atoms with Crippen LogP contribution in [0, 0.1) is 0 Å². The second-order valence-corrected chi connectivity index (χ2v) is 4.80. The van der Waals surface area contributed by atoms with Crippen LogP contribution in [-0.2, 0) is 15.9 Å². The maximum absolute atomic E-state index is 13.1. The number of halogens is 2. The zero-order valence-corrected chi connectivity index (χ0v) is 11.8. The molecule has 0 aromatic carbocycles. The zero-order chi connectivity index (χ0) is 15.2. The maximum atomic E-state index is 13.1. The molecule has 0 aliphatic carbocycles. The molecule has 0 bridgehead atoms. The summed E-state index contributed by atoms with van der Waals surface area (Å²) in [5.41, 5.74) is -0.852. The molecular weight excluding hydrogens is 282 g/mol. The molecule has 0 amide bonds. The minimum absolute atomic E-state index is 0.0438. The molecule has 2 rings (SSSR count). The lowest BCUT2D eigenvalue weighted by Gasteiger charge is -2.22. The van der Waals surface area contributed by atoms with Crippen LogP contribution in [0.5, 0.6) is 0 Å². The summed E-state index contributed by atoms with van der Waals surface area (Å²) in [6.45, 7) is 2.39. The lowest BCUT2D eigenvalue weighted by Crippen LogP contribution is -2.23. The van der Waals surface area contributed by atoms with Crippen LogP contribution in [0.25, 0.3) is 0 Å². The first-order valence-electron chi connectivity index (χ1n) is 7.04. The average molecular weight is 300 g/mol. The Morgan fingerprint density at radius 2 is 2.33 bits per heavy atom. The van der Waals surface area contributed by atoms with Crippen molar-refractivity contribution in [3.8, 4) is 0 Å². The fourth-order valence-electron chi connectivity index (χ4n) is 2.24. The zero-order valence-electron chi connectivity index (χ0n) is 11.8. The molecule has 1 aromatic heterocycles. The van der Waals surface area contributed by atoms with Gasteiger partial charge in [-0.3, -0.25) is 0 Å². The minimum atomic E-state index is -2.85. The molecule has 1 aromatic rings. The topological polar surface area (TPSA) is 61.3 Å². The molecule has 0 radical (unpaired) electrons. The number of hydrogen-bond acceptors (Lipinski definition) is 5. The molecule has 0 saturated carbocycles. The van der Waals surface area contributed by atoms with E-state index >= 15 is 0 Å². The van der Waals surface area contributed by atoms with Gasteiger partial charge in [-0.2, -0.15) is 0 Å². The van der Waals surface area contributed by atoms with Crippen LogP contribution >= 0.6 is 0 Å². The molecule has 1 atom stereocenters. The molecule has 1 aliphatic rings. The first-order valence-corrected chi connectivity index (χ1v) is 7.04. The number of rotatable bonds is 5. The van der Waals surface area contributed by atoms with Gasteiger partial charge >= 0.3 is 5.97 Å². The van der Waals surface area contributed by atoms with Gasteiger partial charge in [0.15, 0.2) is 0 Å². The van der Waals surface area contributed by atoms with Crippen molar-refractivity contribution >= 4 is 5.97 Å². The van der Waals surface area contributed by atoms with Crippen LogP contribution in [0.4, 0.5) is 8.78 Å². The summed E-state index contributed by atoms with van der Waals surface area (Å²) in [6.07, 6.45) is 1.53. The van der Waals surface area contributed by atoms with Gasteiger partial charge in [0.05, 0.1) is 12.7 Å². The smallest absolute Gasteiger partial charge is 0.341 e. The van der Waals surface area contributed by atoms with Crippen LogP contribution in [0.1, 0.15) is 54.5 Å². The van der Waals surface area contributed by atoms with Gasteiger partial charge in [-0.1, -0.05) is 0 Å². The Labute approximate surface area is 121 Å². The van der Waals surface area contributed by atoms with E-state index in [4.69, 9.17) is 9.47 Å². The molecule has 0 N–H and O–H groups in total. The summed E-state index contributed by atoms with van der Waals surface area (Å²) >= 11 is 0. The van der Waals surface area contributed by atoms with Gasteiger partial charge in [-0.15, -0.1) is 0 Å². The maximum Gasteiger partial charge on any atom is 0.341 e. The summed E-state index contributed by atoms with van der Waals surface area (Å²) in [5, 5.41) is 0. The first-order chi connectivity index (χ1) is 10.1. The number of hydrogen-bond donors (Lipinski definition) is 0. The van der Waals surface area contributed by atoms with Crippen LogP contribution in [0.2, 0.25) is 0 Å². The predicted molar refractivity (Wildman–Crippen MR) is 70.2 cm³/mol. The largest absolute Gasteiger partial charge is 0.462 e. The molecule has 5 nitrogen and oxygen atoms in total. The van der Waals surface area contributed by atoms with Gasteiger partial charge in [0.25, 0.3) is 6.43 Å². The van der Waals surface area contributed by atoms with Gasteiger partial charge in [-0.05, 0) is 26.2 Å². The van der Waals surface area contributed by atoms with Gasteiger partial charge in [0.1, 0.15) is 17.1 Å². The molecule has 116 valence electrons. The number of alkyl halides is 2. The van der Waals surface area contributed by atoms with Crippen LogP contribution in [0.3, 0.4) is 0 Å². The Morgan fingerprint density at radius 3 is 2.95 bits per heavy atom. The van der Waals surface area contributed by atoms with Crippen molar-refractivity contribution in [3.05, 3.63) is 23.3 Å². The minimum Gasteiger partial charge on any atom is -0.462 e. The highest BCUT2D eigenvalue weighted by atomic mass is 19.3. The molecule has 21 heavy (non-hydrogen) atoms. The highest BCUT2D eigenvalue weighted by Gasteiger charge is 2.24. The van der Waals surface area contributed by atoms with Crippen molar-refractivity contribution in [3.63, 3.8) is 0 Å². The summed E-state index contributed by atoms with van der Waals surface area (Å²) in [5.74, 6) is -0.557. The predicted octanol–water partition coefficient (Wildman–Crippen LogP) is 2.70. The fraction of sp³-hybridized carbons (Fsp3) is 0.643. The average Bonchev–Trinajstić information content (AvgIpc) is 2.48. The third-order valence-corrected chi connectivity index (χ3v) is 3.25. The Hall–Kier alpha value is -1.63. The van der Waals surface area contributed by atoms with E-state index in [1.54, 1.807) is 6.92 Å². The van der Waals surface area contributed by atoms with E-state index < -0.39 is 18.1 Å². The van der Waals surface area contributed by atoms with Crippen LogP contribution in [-0.4, -0.2) is 35.3 Å². The lowest BCUT2D eigenvalue weighted by molar-refractivity contribution is 0.0154. The Balaban J connectivity index is 2.16. The number of esters is 1. The number of carbonyl (C=O) groups excluding carboxylic acids is 1. The van der Waals surface area contributed by atoms with Gasteiger partial charge in [0.2, 0.25) is 0 Å². The van der Waals surface area contributed by atoms with Crippen LogP contribution < -0.4 is 0 Å². The summed E-state index contributed by atoms with van der Waals surface area (Å²) in [7, 11) is 0. The number of carbonyl (C=O) groups is 1. The number of nitrogens with zero attached hydrogens (tertiary/aromatic N) is 2. The number of aromatic nitrogens is 2. The third kappa shape index (κ3) is 4.17. The first kappa shape index (κ1) is 15.8. The van der Waals surface area contributed by atoms with E-state index in [2.05, 4.69) is 9.97 Å². The van der Waals surface area contributed by atoms with E-state index in [1.807, 2.05) is 0 Å². The van der Waals surface area contributed by atoms with Crippen molar-refractivity contribution in [1.82, 2.24) is 9.97 Å². The highest BCUT2D eigenvalue weighted by molar-refractivity contribution is 5.90. The molecule has 1 aliphatic heterocycles. The van der Waals surface area contributed by atoms with Crippen molar-refractivity contribution in [2.45, 2.75) is 45.1 Å². The van der Waals surface area contributed by atoms with E-state index in [9.17, 15) is 13.6 Å². The molecule has 1 unspecified atom stereocenters. The second-order valence-electron chi connectivity index (χ2n) is 4.80. The summed E-state index contributed by atoms with van der Waals surface area (Å²) in [4.78, 5) is 19.4. The number of ether oxygens (including phenoxy) is 2. The molecular formula is C14H18F2N2O3. The molecule has 1 fully saturated rings. The Kier molecular flexibility index (Phi) is 5.55. The summed E-state index contributed by atoms with van der Waals surface area (Å²) < 4.78 is 36.4. The van der Waals surface area contributed by atoms with Crippen LogP contribution in [0.15, 0.2) is 6.20 Å². The van der Waals surface area contributed by atoms with E-state index in [1.165, 1.54) is 0 Å². The highest BCUT2D eigenvalue weighted by Crippen LogP contribution is 2.22. The normalized spacial score (nSPS) is 18.8. The van der Waals surface area contributed by atoms with Gasteiger partial charge < -0.3 is 9.47 Å². The van der Waals surface area contributed by atoms with E-state index in [0.29, 0.717) is 13.0 Å². The van der Waals surface area contributed by atoms with Crippen molar-refractivity contribution in [1.29, 1.82) is 0 Å². The molecule has 7 heteroatoms. The van der Waals surface area contributed by atoms with Gasteiger partial charge in [-0.25, -0.2) is 23.5 Å². The van der Waals surface area contributed by atoms with E-state index in [0.717, 1.165) is 25.5 Å². The molecule has 2 heterocycles. The van der Waals surface area contributed by atoms with E-state index in [-0.39, 0.29) is 24.1 Å². The Morgan fingerprint density at radius 1 is 1.52 bits per heavy atom. The lowest BCUT2D eigenvalue weighted by atomic mass is 10.1. The SMILES string of the molecule is CCOC(=O)c1cnc(CC2CCCCO2)nc1C(F)F. The van der Waals surface area contributed by atoms with Gasteiger partial charge in [0, 0.05) is 19.2 Å². The van der Waals surface area contributed by atoms with Crippen molar-refractivity contribution in [2.75, 3.05) is 13.2 Å². The second kappa shape index (κ2) is 7.40. The third-order valence-electron chi connectivity index (χ3n) is 3.25. The molecule has 0 spiro atoms. The molecule has 1 saturated heterocycles. The summed E-state index contributed by atoms with van der Waals surface area (Å²) in [6, 6.07) is 0. The Bertz CT molecular complexity index is 491. The fourth-order valence-corrected chi connectivity index (χ4v) is 2.24. The monoisotopic (exact) mass is 300 g/mol. The quantitative estimate of drug-likeness (QED) is 0.782. The van der Waals surface area contributed by atoms with Crippen molar-refractivity contribution < 1.29 is 23.0 Å². The standard InChI is InChI=1S/C14H18F2N2O3/c1-2-20-14(19)10-8-17-11(18-12(10)13(15)16)7-9-5-3-4-6-21-9/h8-9,13H,2-7H2,1H3. The van der Waals surface area contributed by atoms with Crippen molar-refractivity contribution in [2.24, 2.45) is 0 Å².